The molecule has 0 aliphatic heterocycles. The van der Waals surface area contributed by atoms with Crippen LogP contribution in [0.15, 0.2) is 28.1 Å². The van der Waals surface area contributed by atoms with Gasteiger partial charge in [-0.15, -0.1) is 11.3 Å². The highest BCUT2D eigenvalue weighted by Crippen LogP contribution is 2.14. The monoisotopic (exact) mass is 280 g/mol. The van der Waals surface area contributed by atoms with Gasteiger partial charge in [-0.05, 0) is 48.9 Å². The summed E-state index contributed by atoms with van der Waals surface area (Å²) >= 11 is 1.65. The van der Waals surface area contributed by atoms with Crippen molar-refractivity contribution < 1.29 is 9.90 Å². The number of thiophene rings is 1. The molecule has 0 amide bonds. The second-order valence-corrected chi connectivity index (χ2v) is 5.13. The Balaban J connectivity index is 2.72. The Kier molecular flexibility index (Phi) is 7.07. The Bertz CT molecular complexity index is 438. The fourth-order valence-corrected chi connectivity index (χ4v) is 2.24. The summed E-state index contributed by atoms with van der Waals surface area (Å²) in [5.74, 6) is -0.892. The van der Waals surface area contributed by atoms with Gasteiger partial charge in [0.25, 0.3) is 0 Å². The molecule has 0 spiro atoms. The summed E-state index contributed by atoms with van der Waals surface area (Å²) in [6.07, 6.45) is 5.69. The Morgan fingerprint density at radius 1 is 1.63 bits per heavy atom. The largest absolute Gasteiger partial charge is 0.480 e. The van der Waals surface area contributed by atoms with Gasteiger partial charge in [0.2, 0.25) is 0 Å². The van der Waals surface area contributed by atoms with Gasteiger partial charge >= 0.3 is 5.97 Å². The maximum Gasteiger partial charge on any atom is 0.328 e. The van der Waals surface area contributed by atoms with Crippen molar-refractivity contribution in [2.75, 3.05) is 6.54 Å². The van der Waals surface area contributed by atoms with Crippen molar-refractivity contribution in [3.05, 3.63) is 28.0 Å². The number of nitrogens with zero attached hydrogens (tertiary/aromatic N) is 1. The van der Waals surface area contributed by atoms with Crippen molar-refractivity contribution in [3.63, 3.8) is 0 Å². The highest BCUT2D eigenvalue weighted by molar-refractivity contribution is 7.10. The Morgan fingerprint density at radius 2 is 2.42 bits per heavy atom. The normalized spacial score (nSPS) is 13.9. The van der Waals surface area contributed by atoms with Gasteiger partial charge < -0.3 is 10.8 Å². The van der Waals surface area contributed by atoms with E-state index in [1.165, 1.54) is 0 Å². The molecule has 1 aromatic heterocycles. The fourth-order valence-electron chi connectivity index (χ4n) is 1.55. The Morgan fingerprint density at radius 3 is 2.95 bits per heavy atom. The van der Waals surface area contributed by atoms with Crippen LogP contribution in [0.4, 0.5) is 0 Å². The van der Waals surface area contributed by atoms with Crippen LogP contribution in [0.25, 0.3) is 6.08 Å². The van der Waals surface area contributed by atoms with Crippen LogP contribution in [0, 0.1) is 0 Å². The third-order valence-electron chi connectivity index (χ3n) is 2.67. The number of hydrogen-bond acceptors (Lipinski definition) is 4. The zero-order chi connectivity index (χ0) is 14.1. The zero-order valence-corrected chi connectivity index (χ0v) is 11.9. The number of aliphatic carboxylic acids is 1. The Labute approximate surface area is 117 Å². The van der Waals surface area contributed by atoms with Gasteiger partial charge in [0.05, 0.1) is 0 Å². The van der Waals surface area contributed by atoms with Crippen LogP contribution in [0.5, 0.6) is 0 Å². The van der Waals surface area contributed by atoms with Crippen molar-refractivity contribution in [3.8, 4) is 0 Å². The predicted molar refractivity (Wildman–Crippen MR) is 80.8 cm³/mol. The van der Waals surface area contributed by atoms with Crippen LogP contribution in [0.3, 0.4) is 0 Å². The molecule has 0 aliphatic rings. The van der Waals surface area contributed by atoms with Crippen LogP contribution in [0.1, 0.15) is 31.1 Å². The van der Waals surface area contributed by atoms with E-state index in [4.69, 9.17) is 10.8 Å². The maximum absolute atomic E-state index is 11.1. The van der Waals surface area contributed by atoms with Gasteiger partial charge in [0.1, 0.15) is 6.04 Å². The van der Waals surface area contributed by atoms with Crippen molar-refractivity contribution in [2.45, 2.75) is 32.2 Å². The first-order chi connectivity index (χ1) is 9.17. The van der Waals surface area contributed by atoms with Crippen LogP contribution in [0.2, 0.25) is 0 Å². The van der Waals surface area contributed by atoms with Crippen LogP contribution < -0.4 is 5.73 Å². The van der Waals surface area contributed by atoms with Gasteiger partial charge in [-0.25, -0.2) is 4.79 Å². The van der Waals surface area contributed by atoms with E-state index < -0.39 is 12.0 Å². The number of carboxylic acids is 1. The van der Waals surface area contributed by atoms with E-state index >= 15 is 0 Å². The summed E-state index contributed by atoms with van der Waals surface area (Å²) in [7, 11) is 0. The third-order valence-corrected chi connectivity index (χ3v) is 3.49. The molecule has 0 saturated heterocycles. The third kappa shape index (κ3) is 5.81. The predicted octanol–water partition coefficient (Wildman–Crippen LogP) is 2.80. The van der Waals surface area contributed by atoms with Crippen molar-refractivity contribution in [2.24, 2.45) is 10.7 Å². The van der Waals surface area contributed by atoms with E-state index in [9.17, 15) is 4.79 Å². The fraction of sp³-hybridized carbons (Fsp3) is 0.429. The van der Waals surface area contributed by atoms with E-state index in [1.807, 2.05) is 30.5 Å². The molecule has 0 aromatic carbocycles. The van der Waals surface area contributed by atoms with E-state index in [0.29, 0.717) is 19.4 Å². The highest BCUT2D eigenvalue weighted by Gasteiger charge is 2.14. The first-order valence-electron chi connectivity index (χ1n) is 6.37. The lowest BCUT2D eigenvalue weighted by Crippen LogP contribution is -2.19. The summed E-state index contributed by atoms with van der Waals surface area (Å²) in [5.41, 5.74) is 6.42. The number of aliphatic imine (C=N–C) groups is 1. The lowest BCUT2D eigenvalue weighted by atomic mass is 10.1. The smallest absolute Gasteiger partial charge is 0.328 e. The quantitative estimate of drug-likeness (QED) is 0.719. The molecular weight excluding hydrogens is 260 g/mol. The molecule has 3 N–H and O–H groups in total. The van der Waals surface area contributed by atoms with Gasteiger partial charge in [-0.3, -0.25) is 4.99 Å². The van der Waals surface area contributed by atoms with Crippen molar-refractivity contribution in [1.29, 1.82) is 0 Å². The van der Waals surface area contributed by atoms with Gasteiger partial charge in [-0.1, -0.05) is 13.0 Å². The highest BCUT2D eigenvalue weighted by atomic mass is 32.1. The zero-order valence-electron chi connectivity index (χ0n) is 11.1. The average molecular weight is 280 g/mol. The molecule has 1 heterocycles. The van der Waals surface area contributed by atoms with Crippen LogP contribution >= 0.6 is 11.3 Å². The maximum atomic E-state index is 11.1. The topological polar surface area (TPSA) is 75.7 Å². The van der Waals surface area contributed by atoms with Crippen LogP contribution in [-0.4, -0.2) is 29.9 Å². The molecule has 104 valence electrons. The summed E-state index contributed by atoms with van der Waals surface area (Å²) in [4.78, 5) is 16.4. The summed E-state index contributed by atoms with van der Waals surface area (Å²) in [5, 5.41) is 11.1. The lowest BCUT2D eigenvalue weighted by Gasteiger charge is -2.06. The van der Waals surface area contributed by atoms with Crippen molar-refractivity contribution >= 4 is 29.6 Å². The molecule has 5 heteroatoms. The molecule has 0 aliphatic carbocycles. The summed E-state index contributed by atoms with van der Waals surface area (Å²) in [6.45, 7) is 2.52. The molecule has 1 aromatic rings. The van der Waals surface area contributed by atoms with Crippen molar-refractivity contribution in [1.82, 2.24) is 0 Å². The number of rotatable bonds is 8. The van der Waals surface area contributed by atoms with E-state index in [0.717, 1.165) is 16.9 Å². The Hall–Kier alpha value is -1.46. The molecule has 0 radical (unpaired) electrons. The molecular formula is C14H20N2O2S. The average Bonchev–Trinajstić information content (AvgIpc) is 2.89. The summed E-state index contributed by atoms with van der Waals surface area (Å²) < 4.78 is 0. The van der Waals surface area contributed by atoms with E-state index in [2.05, 4.69) is 4.99 Å². The molecule has 1 rings (SSSR count). The van der Waals surface area contributed by atoms with Gasteiger partial charge in [0.15, 0.2) is 0 Å². The molecule has 1 unspecified atom stereocenters. The SMILES string of the molecule is CC/C(C=NC(CCCN)C(=O)O)=C\c1cccs1. The molecule has 0 fully saturated rings. The number of hydrogen-bond donors (Lipinski definition) is 2. The minimum Gasteiger partial charge on any atom is -0.480 e. The second kappa shape index (κ2) is 8.61. The van der Waals surface area contributed by atoms with Gasteiger partial charge in [-0.2, -0.15) is 0 Å². The van der Waals surface area contributed by atoms with Gasteiger partial charge in [0, 0.05) is 11.1 Å². The standard InChI is InChI=1S/C14H20N2O2S/c1-2-11(9-12-5-4-8-19-12)10-16-13(14(17)18)6-3-7-15/h4-5,8-10,13H,2-3,6-7,15H2,1H3,(H,17,18)/b11-9+,16-10?. The molecule has 0 bridgehead atoms. The second-order valence-electron chi connectivity index (χ2n) is 4.15. The summed E-state index contributed by atoms with van der Waals surface area (Å²) in [6, 6.07) is 3.32. The van der Waals surface area contributed by atoms with E-state index in [-0.39, 0.29) is 0 Å². The first-order valence-corrected chi connectivity index (χ1v) is 7.25. The molecule has 4 nitrogen and oxygen atoms in total. The van der Waals surface area contributed by atoms with E-state index in [1.54, 1.807) is 17.6 Å². The minimum atomic E-state index is -0.892. The number of carboxylic acid groups (broad SMARTS) is 1. The lowest BCUT2D eigenvalue weighted by molar-refractivity contribution is -0.138. The molecule has 0 saturated carbocycles. The minimum absolute atomic E-state index is 0.484. The van der Waals surface area contributed by atoms with Crippen LogP contribution in [-0.2, 0) is 4.79 Å². The molecule has 19 heavy (non-hydrogen) atoms. The number of nitrogens with two attached hydrogens (primary N) is 1. The number of allylic oxidation sites excluding steroid dienone is 1. The molecule has 1 atom stereocenters. The number of carbonyl (C=O) groups is 1. The first kappa shape index (κ1) is 15.6.